The van der Waals surface area contributed by atoms with Crippen LogP contribution in [0.4, 0.5) is 19.0 Å². The third-order valence-corrected chi connectivity index (χ3v) is 8.90. The lowest BCUT2D eigenvalue weighted by molar-refractivity contribution is -0.274. The molecule has 3 aliphatic carbocycles. The molecule has 2 atom stereocenters. The number of halogens is 3. The summed E-state index contributed by atoms with van der Waals surface area (Å²) in [6, 6.07) is 14.9. The van der Waals surface area contributed by atoms with E-state index in [1.807, 2.05) is 12.1 Å². The number of carboxylic acids is 1. The monoisotopic (exact) mass is 593 g/mol. The van der Waals surface area contributed by atoms with Gasteiger partial charge >= 0.3 is 12.3 Å². The Morgan fingerprint density at radius 2 is 1.79 bits per heavy atom. The van der Waals surface area contributed by atoms with E-state index in [1.54, 1.807) is 30.3 Å². The van der Waals surface area contributed by atoms with Gasteiger partial charge in [0.15, 0.2) is 0 Å². The summed E-state index contributed by atoms with van der Waals surface area (Å²) in [5.74, 6) is 1.15. The molecule has 4 aromatic rings. The Bertz CT molecular complexity index is 1650. The van der Waals surface area contributed by atoms with Crippen LogP contribution in [-0.4, -0.2) is 39.7 Å². The van der Waals surface area contributed by atoms with Gasteiger partial charge in [0.05, 0.1) is 23.8 Å². The number of hydrogen-bond acceptors (Lipinski definition) is 7. The minimum atomic E-state index is -4.83. The fraction of sp³-hybridized carbons (Fsp3) is 0.406. The van der Waals surface area contributed by atoms with Crippen molar-refractivity contribution in [1.82, 2.24) is 10.1 Å². The summed E-state index contributed by atoms with van der Waals surface area (Å²) in [5, 5.41) is 17.9. The highest BCUT2D eigenvalue weighted by Gasteiger charge is 2.44. The molecule has 3 aliphatic rings. The Balaban J connectivity index is 1.05. The largest absolute Gasteiger partial charge is 0.573 e. The van der Waals surface area contributed by atoms with Crippen LogP contribution in [0, 0.1) is 11.8 Å². The van der Waals surface area contributed by atoms with E-state index < -0.39 is 12.3 Å². The average molecular weight is 594 g/mol. The number of ether oxygens (including phenoxy) is 2. The standard InChI is InChI=1S/C32H30F3N3O5/c33-32(34,35)42-26-4-2-1-3-23(26)29-24(30(43-38-29)17-5-6-17)16-41-22-14-19-7-8-20(15-22)28(19)37-27-12-10-18-13-21(31(39)40)9-11-25(18)36-27/h1-4,9-13,17,19-20,22,28H,5-8,14-16H2,(H,36,37)(H,39,40). The highest BCUT2D eigenvalue weighted by Crippen LogP contribution is 2.47. The van der Waals surface area contributed by atoms with E-state index in [-0.39, 0.29) is 41.5 Å². The minimum Gasteiger partial charge on any atom is -0.478 e. The minimum absolute atomic E-state index is 0.00558. The van der Waals surface area contributed by atoms with Gasteiger partial charge in [0, 0.05) is 28.5 Å². The maximum atomic E-state index is 13.1. The summed E-state index contributed by atoms with van der Waals surface area (Å²) >= 11 is 0. The van der Waals surface area contributed by atoms with Crippen LogP contribution in [0.25, 0.3) is 22.2 Å². The highest BCUT2D eigenvalue weighted by molar-refractivity contribution is 5.93. The second kappa shape index (κ2) is 10.9. The van der Waals surface area contributed by atoms with Gasteiger partial charge in [-0.2, -0.15) is 0 Å². The van der Waals surface area contributed by atoms with Crippen LogP contribution >= 0.6 is 0 Å². The number of rotatable bonds is 9. The number of nitrogens with zero attached hydrogens (tertiary/aromatic N) is 2. The van der Waals surface area contributed by atoms with Crippen molar-refractivity contribution in [3.63, 3.8) is 0 Å². The van der Waals surface area contributed by atoms with Crippen LogP contribution in [0.2, 0.25) is 0 Å². The first kappa shape index (κ1) is 27.7. The molecule has 0 aliphatic heterocycles. The third kappa shape index (κ3) is 5.78. The molecule has 3 fully saturated rings. The molecule has 2 unspecified atom stereocenters. The summed E-state index contributed by atoms with van der Waals surface area (Å²) in [7, 11) is 0. The third-order valence-electron chi connectivity index (χ3n) is 8.90. The van der Waals surface area contributed by atoms with Crippen molar-refractivity contribution >= 4 is 22.7 Å². The predicted octanol–water partition coefficient (Wildman–Crippen LogP) is 7.55. The van der Waals surface area contributed by atoms with Crippen molar-refractivity contribution in [3.8, 4) is 17.0 Å². The summed E-state index contributed by atoms with van der Waals surface area (Å²) in [5.41, 5.74) is 2.21. The number of carbonyl (C=O) groups is 1. The molecular formula is C32H30F3N3O5. The van der Waals surface area contributed by atoms with Crippen molar-refractivity contribution in [1.29, 1.82) is 0 Å². The van der Waals surface area contributed by atoms with Crippen LogP contribution < -0.4 is 10.1 Å². The zero-order chi connectivity index (χ0) is 29.7. The highest BCUT2D eigenvalue weighted by atomic mass is 19.4. The Morgan fingerprint density at radius 1 is 1.02 bits per heavy atom. The fourth-order valence-corrected chi connectivity index (χ4v) is 6.77. The number of nitrogens with one attached hydrogen (secondary N) is 1. The molecule has 43 heavy (non-hydrogen) atoms. The zero-order valence-corrected chi connectivity index (χ0v) is 23.1. The van der Waals surface area contributed by atoms with Gasteiger partial charge < -0.3 is 24.4 Å². The van der Waals surface area contributed by atoms with Crippen LogP contribution in [0.1, 0.15) is 66.1 Å². The molecule has 3 saturated carbocycles. The van der Waals surface area contributed by atoms with Crippen LogP contribution in [0.3, 0.4) is 0 Å². The maximum Gasteiger partial charge on any atom is 0.573 e. The van der Waals surface area contributed by atoms with E-state index in [0.717, 1.165) is 55.2 Å². The lowest BCUT2D eigenvalue weighted by Gasteiger charge is -2.36. The molecule has 7 rings (SSSR count). The maximum absolute atomic E-state index is 13.1. The van der Waals surface area contributed by atoms with Gasteiger partial charge in [0.1, 0.15) is 23.0 Å². The summed E-state index contributed by atoms with van der Waals surface area (Å²) in [6.07, 6.45) is 0.949. The molecule has 2 N–H and O–H groups in total. The van der Waals surface area contributed by atoms with Gasteiger partial charge in [-0.05, 0) is 92.8 Å². The molecule has 2 bridgehead atoms. The Morgan fingerprint density at radius 3 is 2.51 bits per heavy atom. The number of benzene rings is 2. The van der Waals surface area contributed by atoms with Gasteiger partial charge in [-0.25, -0.2) is 9.78 Å². The molecule has 2 aromatic carbocycles. The normalized spacial score (nSPS) is 23.4. The first-order valence-electron chi connectivity index (χ1n) is 14.6. The lowest BCUT2D eigenvalue weighted by Crippen LogP contribution is -2.39. The van der Waals surface area contributed by atoms with Crippen LogP contribution in [0.15, 0.2) is 59.1 Å². The second-order valence-electron chi connectivity index (χ2n) is 11.8. The average Bonchev–Trinajstić information content (AvgIpc) is 3.69. The van der Waals surface area contributed by atoms with E-state index in [1.165, 1.54) is 12.1 Å². The number of aromatic carboxylic acids is 1. The quantitative estimate of drug-likeness (QED) is 0.205. The van der Waals surface area contributed by atoms with Gasteiger partial charge in [-0.1, -0.05) is 17.3 Å². The first-order valence-corrected chi connectivity index (χ1v) is 14.6. The molecule has 0 radical (unpaired) electrons. The molecule has 2 heterocycles. The van der Waals surface area contributed by atoms with Crippen molar-refractivity contribution in [2.24, 2.45) is 11.8 Å². The molecule has 0 saturated heterocycles. The lowest BCUT2D eigenvalue weighted by atomic mass is 9.82. The van der Waals surface area contributed by atoms with Crippen molar-refractivity contribution < 1.29 is 37.1 Å². The Hall–Kier alpha value is -4.12. The number of hydrogen-bond donors (Lipinski definition) is 2. The number of anilines is 1. The summed E-state index contributed by atoms with van der Waals surface area (Å²) in [6.45, 7) is 0.206. The first-order chi connectivity index (χ1) is 20.7. The molecule has 8 nitrogen and oxygen atoms in total. The molecule has 11 heteroatoms. The number of pyridine rings is 1. The molecule has 2 aromatic heterocycles. The van der Waals surface area contributed by atoms with Gasteiger partial charge in [0.25, 0.3) is 0 Å². The van der Waals surface area contributed by atoms with Gasteiger partial charge in [-0.3, -0.25) is 0 Å². The van der Waals surface area contributed by atoms with Crippen molar-refractivity contribution in [2.75, 3.05) is 5.32 Å². The Labute approximate surface area is 245 Å². The molecule has 0 spiro atoms. The SMILES string of the molecule is O=C(O)c1ccc2nc(NC3C4CCC3CC(OCc3c(-c5ccccc5OC(F)(F)F)noc3C3CC3)C4)ccc2c1. The van der Waals surface area contributed by atoms with Crippen LogP contribution in [-0.2, 0) is 11.3 Å². The van der Waals surface area contributed by atoms with E-state index in [9.17, 15) is 23.1 Å². The Kier molecular flexibility index (Phi) is 6.99. The number of fused-ring (bicyclic) bond motifs is 3. The number of aromatic nitrogens is 2. The van der Waals surface area contributed by atoms with Crippen molar-refractivity contribution in [2.45, 2.75) is 69.6 Å². The van der Waals surface area contributed by atoms with E-state index >= 15 is 0 Å². The van der Waals surface area contributed by atoms with Gasteiger partial charge in [-0.15, -0.1) is 13.2 Å². The van der Waals surface area contributed by atoms with E-state index in [0.29, 0.717) is 28.9 Å². The van der Waals surface area contributed by atoms with Crippen molar-refractivity contribution in [3.05, 3.63) is 71.5 Å². The zero-order valence-electron chi connectivity index (χ0n) is 23.1. The smallest absolute Gasteiger partial charge is 0.478 e. The van der Waals surface area contributed by atoms with E-state index in [2.05, 4.69) is 15.2 Å². The molecule has 0 amide bonds. The second-order valence-corrected chi connectivity index (χ2v) is 11.8. The number of alkyl halides is 3. The number of carboxylic acid groups (broad SMARTS) is 1. The molecular weight excluding hydrogens is 563 g/mol. The van der Waals surface area contributed by atoms with Gasteiger partial charge in [0.2, 0.25) is 0 Å². The summed E-state index contributed by atoms with van der Waals surface area (Å²) in [4.78, 5) is 16.0. The predicted molar refractivity (Wildman–Crippen MR) is 151 cm³/mol. The fourth-order valence-electron chi connectivity index (χ4n) is 6.77. The molecule has 224 valence electrons. The topological polar surface area (TPSA) is 107 Å². The number of para-hydroxylation sites is 1. The summed E-state index contributed by atoms with van der Waals surface area (Å²) < 4.78 is 55.8. The van der Waals surface area contributed by atoms with E-state index in [4.69, 9.17) is 14.2 Å². The van der Waals surface area contributed by atoms with Crippen LogP contribution in [0.5, 0.6) is 5.75 Å².